The van der Waals surface area contributed by atoms with Gasteiger partial charge in [0.05, 0.1) is 0 Å². The number of hydrogen-bond donors (Lipinski definition) is 2. The van der Waals surface area contributed by atoms with Gasteiger partial charge in [-0.25, -0.2) is 0 Å². The maximum atomic E-state index is 7.57. The van der Waals surface area contributed by atoms with Crippen LogP contribution in [0.15, 0.2) is 152 Å². The molecule has 4 heteroatoms. The molecule has 0 saturated heterocycles. The molecule has 0 atom stereocenters. The van der Waals surface area contributed by atoms with Crippen LogP contribution in [0.1, 0.15) is 66.6 Å². The second-order valence-corrected chi connectivity index (χ2v) is 15.6. The Morgan fingerprint density at radius 2 is 1.13 bits per heavy atom. The Morgan fingerprint density at radius 1 is 0.500 bits per heavy atom. The summed E-state index contributed by atoms with van der Waals surface area (Å²) in [5, 5.41) is 7.57. The first-order valence-corrected chi connectivity index (χ1v) is 18.6. The number of hydrogen-bond acceptors (Lipinski definition) is 3. The molecule has 7 aromatic carbocycles. The molecule has 264 valence electrons. The fourth-order valence-corrected chi connectivity index (χ4v) is 8.57. The molecule has 0 bridgehead atoms. The van der Waals surface area contributed by atoms with E-state index in [-0.39, 0.29) is 16.7 Å². The number of nitrogens with one attached hydrogen (secondary N) is 1. The van der Waals surface area contributed by atoms with E-state index in [0.29, 0.717) is 0 Å². The molecule has 0 amide bonds. The van der Waals surface area contributed by atoms with Gasteiger partial charge in [-0.05, 0) is 91.9 Å². The SMILES string of the molecule is CC1(C)c2ccccc2-c2c1ccc1c2Oc2cc(-c3cccc(Cc4ccccc4)c3)ccc2O1.CC1(C)c2ccccc2-c2ccc(C(=N)N)cc21. The maximum absolute atomic E-state index is 7.57. The lowest BCUT2D eigenvalue weighted by Crippen LogP contribution is -2.17. The van der Waals surface area contributed by atoms with E-state index in [0.717, 1.165) is 46.1 Å². The van der Waals surface area contributed by atoms with Gasteiger partial charge in [-0.1, -0.05) is 155 Å². The minimum Gasteiger partial charge on any atom is -0.449 e. The zero-order chi connectivity index (χ0) is 37.2. The molecule has 0 fully saturated rings. The highest BCUT2D eigenvalue weighted by Gasteiger charge is 2.39. The molecule has 3 aliphatic rings. The number of nitrogen functional groups attached to an aromatic ring is 1. The van der Waals surface area contributed by atoms with E-state index >= 15 is 0 Å². The van der Waals surface area contributed by atoms with Crippen molar-refractivity contribution in [2.24, 2.45) is 5.73 Å². The van der Waals surface area contributed by atoms with Gasteiger partial charge in [0, 0.05) is 22.0 Å². The fourth-order valence-electron chi connectivity index (χ4n) is 8.57. The largest absolute Gasteiger partial charge is 0.449 e. The van der Waals surface area contributed by atoms with Crippen LogP contribution in [0.2, 0.25) is 0 Å². The molecule has 0 saturated carbocycles. The number of amidine groups is 1. The zero-order valence-electron chi connectivity index (χ0n) is 31.0. The number of fused-ring (bicyclic) bond motifs is 9. The highest BCUT2D eigenvalue weighted by Crippen LogP contribution is 2.58. The van der Waals surface area contributed by atoms with Crippen LogP contribution >= 0.6 is 0 Å². The summed E-state index contributed by atoms with van der Waals surface area (Å²) < 4.78 is 13.0. The van der Waals surface area contributed by atoms with Gasteiger partial charge >= 0.3 is 0 Å². The Kier molecular flexibility index (Phi) is 7.82. The molecule has 2 aliphatic carbocycles. The normalized spacial score (nSPS) is 14.4. The van der Waals surface area contributed by atoms with Gasteiger partial charge in [0.2, 0.25) is 0 Å². The van der Waals surface area contributed by atoms with Crippen LogP contribution in [0, 0.1) is 5.41 Å². The Balaban J connectivity index is 0.000000179. The fraction of sp³-hybridized carbons (Fsp3) is 0.140. The van der Waals surface area contributed by atoms with E-state index in [9.17, 15) is 0 Å². The predicted octanol–water partition coefficient (Wildman–Crippen LogP) is 12.4. The Hall–Kier alpha value is -6.39. The predicted molar refractivity (Wildman–Crippen MR) is 220 cm³/mol. The van der Waals surface area contributed by atoms with Crippen molar-refractivity contribution in [2.45, 2.75) is 44.9 Å². The highest BCUT2D eigenvalue weighted by molar-refractivity contribution is 5.97. The van der Waals surface area contributed by atoms with Gasteiger partial charge in [-0.15, -0.1) is 0 Å². The lowest BCUT2D eigenvalue weighted by molar-refractivity contribution is 0.360. The van der Waals surface area contributed by atoms with E-state index in [2.05, 4.69) is 161 Å². The summed E-state index contributed by atoms with van der Waals surface area (Å²) in [6, 6.07) is 53.0. The summed E-state index contributed by atoms with van der Waals surface area (Å²) in [5.41, 5.74) is 21.3. The quantitative estimate of drug-likeness (QED) is 0.142. The van der Waals surface area contributed by atoms with Crippen LogP contribution in [0.3, 0.4) is 0 Å². The molecule has 1 heterocycles. The summed E-state index contributed by atoms with van der Waals surface area (Å²) >= 11 is 0. The molecule has 4 nitrogen and oxygen atoms in total. The molecule has 54 heavy (non-hydrogen) atoms. The third-order valence-corrected chi connectivity index (χ3v) is 11.4. The average molecular weight is 703 g/mol. The lowest BCUT2D eigenvalue weighted by atomic mass is 9.82. The standard InChI is InChI=1S/C34H26O2.C16H16N2/c1-34(2)27-14-7-6-13-26(27)32-28(34)16-18-30-33(32)36-31-21-25(15-17-29(31)35-30)24-12-8-11-23(20-24)19-22-9-4-3-5-10-22;1-16(2)13-6-4-3-5-11(13)12-8-7-10(15(17)18)9-14(12)16/h3-18,20-21H,19H2,1-2H3;3-9H,1-2H3,(H3,17,18). The van der Waals surface area contributed by atoms with E-state index < -0.39 is 0 Å². The van der Waals surface area contributed by atoms with Crippen LogP contribution < -0.4 is 15.2 Å². The van der Waals surface area contributed by atoms with Crippen LogP contribution in [0.4, 0.5) is 0 Å². The first kappa shape index (κ1) is 33.4. The van der Waals surface area contributed by atoms with Crippen molar-refractivity contribution in [2.75, 3.05) is 0 Å². The monoisotopic (exact) mass is 702 g/mol. The summed E-state index contributed by atoms with van der Waals surface area (Å²) in [4.78, 5) is 0. The van der Waals surface area contributed by atoms with Crippen molar-refractivity contribution in [3.63, 3.8) is 0 Å². The summed E-state index contributed by atoms with van der Waals surface area (Å²) in [6.45, 7) is 9.01. The summed E-state index contributed by atoms with van der Waals surface area (Å²) in [7, 11) is 0. The van der Waals surface area contributed by atoms with Gasteiger partial charge in [-0.3, -0.25) is 5.41 Å². The van der Waals surface area contributed by atoms with Crippen LogP contribution in [-0.2, 0) is 17.3 Å². The molecule has 0 radical (unpaired) electrons. The second-order valence-electron chi connectivity index (χ2n) is 15.6. The van der Waals surface area contributed by atoms with Crippen molar-refractivity contribution in [3.8, 4) is 56.4 Å². The number of ether oxygens (including phenoxy) is 2. The van der Waals surface area contributed by atoms with Gasteiger partial charge in [-0.2, -0.15) is 0 Å². The summed E-state index contributed by atoms with van der Waals surface area (Å²) in [6.07, 6.45) is 0.911. The van der Waals surface area contributed by atoms with Gasteiger partial charge in [0.15, 0.2) is 23.0 Å². The third-order valence-electron chi connectivity index (χ3n) is 11.4. The molecule has 1 aliphatic heterocycles. The number of nitrogens with two attached hydrogens (primary N) is 1. The van der Waals surface area contributed by atoms with Crippen molar-refractivity contribution >= 4 is 5.84 Å². The van der Waals surface area contributed by atoms with Crippen LogP contribution in [0.25, 0.3) is 33.4 Å². The number of rotatable bonds is 4. The third kappa shape index (κ3) is 5.49. The van der Waals surface area contributed by atoms with E-state index in [4.69, 9.17) is 20.6 Å². The zero-order valence-corrected chi connectivity index (χ0v) is 31.0. The molecular weight excluding hydrogens is 661 g/mol. The molecular formula is C50H42N2O2. The maximum Gasteiger partial charge on any atom is 0.178 e. The first-order valence-electron chi connectivity index (χ1n) is 18.6. The van der Waals surface area contributed by atoms with Gasteiger partial charge < -0.3 is 15.2 Å². The van der Waals surface area contributed by atoms with E-state index in [1.807, 2.05) is 18.2 Å². The smallest absolute Gasteiger partial charge is 0.178 e. The first-order chi connectivity index (χ1) is 26.1. The molecule has 0 aromatic heterocycles. The average Bonchev–Trinajstić information content (AvgIpc) is 3.57. The van der Waals surface area contributed by atoms with Crippen molar-refractivity contribution in [1.82, 2.24) is 0 Å². The van der Waals surface area contributed by atoms with E-state index in [1.54, 1.807) is 0 Å². The molecule has 10 rings (SSSR count). The highest BCUT2D eigenvalue weighted by atomic mass is 16.6. The Morgan fingerprint density at radius 3 is 1.91 bits per heavy atom. The van der Waals surface area contributed by atoms with Gasteiger partial charge in [0.1, 0.15) is 5.84 Å². The van der Waals surface area contributed by atoms with Crippen LogP contribution in [0.5, 0.6) is 23.0 Å². The van der Waals surface area contributed by atoms with Crippen molar-refractivity contribution in [3.05, 3.63) is 191 Å². The number of benzene rings is 7. The molecule has 0 unspecified atom stereocenters. The van der Waals surface area contributed by atoms with Crippen molar-refractivity contribution in [1.29, 1.82) is 5.41 Å². The molecule has 0 spiro atoms. The van der Waals surface area contributed by atoms with E-state index in [1.165, 1.54) is 55.6 Å². The minimum atomic E-state index is -0.0777. The molecule has 3 N–H and O–H groups in total. The lowest BCUT2D eigenvalue weighted by Gasteiger charge is -2.25. The second kappa shape index (κ2) is 12.6. The molecule has 7 aromatic rings. The topological polar surface area (TPSA) is 68.3 Å². The minimum absolute atomic E-state index is 0.0165. The summed E-state index contributed by atoms with van der Waals surface area (Å²) in [5.74, 6) is 3.21. The van der Waals surface area contributed by atoms with Gasteiger partial charge in [0.25, 0.3) is 0 Å². The Labute approximate surface area is 317 Å². The van der Waals surface area contributed by atoms with Crippen LogP contribution in [-0.4, -0.2) is 5.84 Å². The Bertz CT molecular complexity index is 2620. The van der Waals surface area contributed by atoms with Crippen molar-refractivity contribution < 1.29 is 9.47 Å².